The van der Waals surface area contributed by atoms with Crippen molar-refractivity contribution in [1.29, 1.82) is 0 Å². The number of para-hydroxylation sites is 1. The maximum Gasteiger partial charge on any atom is 0.322 e. The summed E-state index contributed by atoms with van der Waals surface area (Å²) in [5.41, 5.74) is 0.800. The molecule has 1 heterocycles. The van der Waals surface area contributed by atoms with Gasteiger partial charge >= 0.3 is 6.01 Å². The van der Waals surface area contributed by atoms with Crippen molar-refractivity contribution in [2.24, 2.45) is 0 Å². The molecule has 0 bridgehead atoms. The summed E-state index contributed by atoms with van der Waals surface area (Å²) < 4.78 is 26.6. The van der Waals surface area contributed by atoms with Crippen LogP contribution in [0.15, 0.2) is 40.8 Å². The molecule has 0 saturated heterocycles. The summed E-state index contributed by atoms with van der Waals surface area (Å²) in [6.07, 6.45) is 0. The molecular formula is C19H19N3O6. The molecule has 0 unspecified atom stereocenters. The highest BCUT2D eigenvalue weighted by molar-refractivity contribution is 6.05. The summed E-state index contributed by atoms with van der Waals surface area (Å²) in [7, 11) is 6.02. The second-order valence-corrected chi connectivity index (χ2v) is 5.47. The van der Waals surface area contributed by atoms with Gasteiger partial charge in [0.2, 0.25) is 0 Å². The highest BCUT2D eigenvalue weighted by Crippen LogP contribution is 2.34. The average molecular weight is 385 g/mol. The third-order valence-electron chi connectivity index (χ3n) is 3.93. The lowest BCUT2D eigenvalue weighted by Gasteiger charge is -2.11. The average Bonchev–Trinajstić information content (AvgIpc) is 3.20. The van der Waals surface area contributed by atoms with E-state index >= 15 is 0 Å². The Hall–Kier alpha value is -3.75. The maximum atomic E-state index is 12.6. The standard InChI is InChI=1S/C19H19N3O6/c1-24-11-8-9-14(25-2)13(10-11)18-21-22-19(28-18)20-17(23)12-6-5-7-15(26-3)16(12)27-4/h5-10H,1-4H3,(H,20,22,23). The number of nitrogens with zero attached hydrogens (tertiary/aromatic N) is 2. The van der Waals surface area contributed by atoms with Gasteiger partial charge in [0.05, 0.1) is 39.6 Å². The van der Waals surface area contributed by atoms with E-state index in [4.69, 9.17) is 23.4 Å². The summed E-state index contributed by atoms with van der Waals surface area (Å²) in [4.78, 5) is 12.6. The second-order valence-electron chi connectivity index (χ2n) is 5.47. The van der Waals surface area contributed by atoms with Crippen LogP contribution in [0.2, 0.25) is 0 Å². The van der Waals surface area contributed by atoms with Gasteiger partial charge in [-0.05, 0) is 30.3 Å². The highest BCUT2D eigenvalue weighted by Gasteiger charge is 2.20. The molecule has 0 aliphatic rings. The third kappa shape index (κ3) is 3.68. The van der Waals surface area contributed by atoms with E-state index in [0.29, 0.717) is 28.6 Å². The SMILES string of the molecule is COc1ccc(OC)c(-c2nnc(NC(=O)c3cccc(OC)c3OC)o2)c1. The Labute approximate surface area is 161 Å². The zero-order valence-electron chi connectivity index (χ0n) is 15.8. The minimum absolute atomic E-state index is 0.0743. The van der Waals surface area contributed by atoms with Gasteiger partial charge in [-0.25, -0.2) is 0 Å². The zero-order chi connectivity index (χ0) is 20.1. The number of rotatable bonds is 7. The monoisotopic (exact) mass is 385 g/mol. The summed E-state index contributed by atoms with van der Waals surface area (Å²) in [5.74, 6) is 1.55. The molecule has 0 saturated carbocycles. The maximum absolute atomic E-state index is 12.6. The molecule has 3 aromatic rings. The van der Waals surface area contributed by atoms with E-state index in [1.165, 1.54) is 21.3 Å². The third-order valence-corrected chi connectivity index (χ3v) is 3.93. The van der Waals surface area contributed by atoms with Gasteiger partial charge in [-0.3, -0.25) is 10.1 Å². The molecule has 0 radical (unpaired) electrons. The first-order chi connectivity index (χ1) is 13.6. The number of hydrogen-bond acceptors (Lipinski definition) is 8. The predicted octanol–water partition coefficient (Wildman–Crippen LogP) is 3.02. The molecule has 1 aromatic heterocycles. The van der Waals surface area contributed by atoms with Gasteiger partial charge in [0, 0.05) is 0 Å². The molecule has 28 heavy (non-hydrogen) atoms. The number of methoxy groups -OCH3 is 4. The molecule has 2 aromatic carbocycles. The summed E-state index contributed by atoms with van der Waals surface area (Å²) in [5, 5.41) is 10.4. The smallest absolute Gasteiger partial charge is 0.322 e. The van der Waals surface area contributed by atoms with E-state index < -0.39 is 5.91 Å². The quantitative estimate of drug-likeness (QED) is 0.662. The predicted molar refractivity (Wildman–Crippen MR) is 100 cm³/mol. The first-order valence-electron chi connectivity index (χ1n) is 8.19. The van der Waals surface area contributed by atoms with Crippen molar-refractivity contribution in [2.45, 2.75) is 0 Å². The highest BCUT2D eigenvalue weighted by atomic mass is 16.5. The van der Waals surface area contributed by atoms with Crippen LogP contribution in [0.4, 0.5) is 6.01 Å². The molecule has 1 N–H and O–H groups in total. The van der Waals surface area contributed by atoms with Crippen molar-refractivity contribution >= 4 is 11.9 Å². The number of aromatic nitrogens is 2. The zero-order valence-corrected chi connectivity index (χ0v) is 15.8. The number of carbonyl (C=O) groups is 1. The van der Waals surface area contributed by atoms with Crippen molar-refractivity contribution in [3.8, 4) is 34.5 Å². The molecule has 9 heteroatoms. The summed E-state index contributed by atoms with van der Waals surface area (Å²) in [6.45, 7) is 0. The van der Waals surface area contributed by atoms with Crippen LogP contribution in [0.3, 0.4) is 0 Å². The van der Waals surface area contributed by atoms with Crippen LogP contribution in [0, 0.1) is 0 Å². The summed E-state index contributed by atoms with van der Waals surface area (Å²) in [6, 6.07) is 10.1. The van der Waals surface area contributed by atoms with Crippen LogP contribution in [0.5, 0.6) is 23.0 Å². The molecule has 0 spiro atoms. The first kappa shape index (κ1) is 19.0. The number of hydrogen-bond donors (Lipinski definition) is 1. The molecule has 0 atom stereocenters. The number of benzene rings is 2. The van der Waals surface area contributed by atoms with Crippen molar-refractivity contribution in [1.82, 2.24) is 10.2 Å². The van der Waals surface area contributed by atoms with E-state index in [1.54, 1.807) is 43.5 Å². The molecule has 9 nitrogen and oxygen atoms in total. The molecule has 146 valence electrons. The number of carbonyl (C=O) groups excluding carboxylic acids is 1. The topological polar surface area (TPSA) is 105 Å². The van der Waals surface area contributed by atoms with Gasteiger partial charge in [-0.2, -0.15) is 0 Å². The van der Waals surface area contributed by atoms with E-state index in [2.05, 4.69) is 15.5 Å². The fourth-order valence-electron chi connectivity index (χ4n) is 2.59. The fraction of sp³-hybridized carbons (Fsp3) is 0.211. The molecule has 3 rings (SSSR count). The lowest BCUT2D eigenvalue weighted by atomic mass is 10.1. The van der Waals surface area contributed by atoms with Crippen LogP contribution in [-0.2, 0) is 0 Å². The number of ether oxygens (including phenoxy) is 4. The number of nitrogens with one attached hydrogen (secondary N) is 1. The van der Waals surface area contributed by atoms with Gasteiger partial charge in [0.1, 0.15) is 11.5 Å². The van der Waals surface area contributed by atoms with Gasteiger partial charge in [0.25, 0.3) is 11.8 Å². The van der Waals surface area contributed by atoms with E-state index in [1.807, 2.05) is 0 Å². The molecule has 0 fully saturated rings. The second kappa shape index (κ2) is 8.30. The van der Waals surface area contributed by atoms with E-state index in [9.17, 15) is 4.79 Å². The first-order valence-corrected chi connectivity index (χ1v) is 8.19. The van der Waals surface area contributed by atoms with E-state index in [-0.39, 0.29) is 17.5 Å². The lowest BCUT2D eigenvalue weighted by molar-refractivity contribution is 0.102. The minimum Gasteiger partial charge on any atom is -0.497 e. The van der Waals surface area contributed by atoms with Crippen LogP contribution >= 0.6 is 0 Å². The Morgan fingerprint density at radius 3 is 2.39 bits per heavy atom. The van der Waals surface area contributed by atoms with Crippen LogP contribution in [0.1, 0.15) is 10.4 Å². The Kier molecular flexibility index (Phi) is 5.64. The molecule has 1 amide bonds. The van der Waals surface area contributed by atoms with Gasteiger partial charge in [0.15, 0.2) is 11.5 Å². The van der Waals surface area contributed by atoms with E-state index in [0.717, 1.165) is 0 Å². The summed E-state index contributed by atoms with van der Waals surface area (Å²) >= 11 is 0. The Balaban J connectivity index is 1.87. The molecule has 0 aliphatic carbocycles. The van der Waals surface area contributed by atoms with Crippen molar-refractivity contribution in [2.75, 3.05) is 33.8 Å². The molecule has 0 aliphatic heterocycles. The number of anilines is 1. The minimum atomic E-state index is -0.483. The van der Waals surface area contributed by atoms with Crippen molar-refractivity contribution in [3.63, 3.8) is 0 Å². The van der Waals surface area contributed by atoms with Crippen LogP contribution in [0.25, 0.3) is 11.5 Å². The Bertz CT molecular complexity index is 986. The number of amides is 1. The lowest BCUT2D eigenvalue weighted by Crippen LogP contribution is -2.13. The van der Waals surface area contributed by atoms with Crippen molar-refractivity contribution in [3.05, 3.63) is 42.0 Å². The Morgan fingerprint density at radius 2 is 1.71 bits per heavy atom. The molecular weight excluding hydrogens is 366 g/mol. The van der Waals surface area contributed by atoms with Crippen LogP contribution in [-0.4, -0.2) is 44.5 Å². The van der Waals surface area contributed by atoms with Gasteiger partial charge in [-0.1, -0.05) is 11.2 Å². The largest absolute Gasteiger partial charge is 0.497 e. The van der Waals surface area contributed by atoms with Crippen molar-refractivity contribution < 1.29 is 28.2 Å². The normalized spacial score (nSPS) is 10.3. The Morgan fingerprint density at radius 1 is 0.929 bits per heavy atom. The van der Waals surface area contributed by atoms with Gasteiger partial charge < -0.3 is 23.4 Å². The van der Waals surface area contributed by atoms with Gasteiger partial charge in [-0.15, -0.1) is 5.10 Å². The van der Waals surface area contributed by atoms with Crippen LogP contribution < -0.4 is 24.3 Å². The fourth-order valence-corrected chi connectivity index (χ4v) is 2.59.